The average molecular weight is 245 g/mol. The van der Waals surface area contributed by atoms with Crippen molar-refractivity contribution in [1.82, 2.24) is 20.2 Å². The molecule has 1 atom stereocenters. The van der Waals surface area contributed by atoms with E-state index in [0.717, 1.165) is 23.4 Å². The zero-order valence-corrected chi connectivity index (χ0v) is 9.91. The largest absolute Gasteiger partial charge is 0.257 e. The third-order valence-corrected chi connectivity index (χ3v) is 3.20. The van der Waals surface area contributed by atoms with Crippen LogP contribution in [0.1, 0.15) is 13.3 Å². The molecular weight excluding hydrogens is 233 g/mol. The predicted molar refractivity (Wildman–Crippen MR) is 64.4 cm³/mol. The maximum atomic E-state index is 13.3. The number of tetrazole rings is 1. The molecule has 0 radical (unpaired) electrons. The van der Waals surface area contributed by atoms with Crippen molar-refractivity contribution >= 4 is 5.71 Å². The highest BCUT2D eigenvalue weighted by Gasteiger charge is 2.27. The lowest BCUT2D eigenvalue weighted by Crippen LogP contribution is -2.13. The molecule has 0 unspecified atom stereocenters. The van der Waals surface area contributed by atoms with E-state index in [-0.39, 0.29) is 11.7 Å². The van der Waals surface area contributed by atoms with Gasteiger partial charge in [0.2, 0.25) is 0 Å². The Bertz CT molecular complexity index is 580. The maximum Gasteiger partial charge on any atom is 0.138 e. The number of aromatic nitrogens is 4. The van der Waals surface area contributed by atoms with Crippen molar-refractivity contribution in [1.29, 1.82) is 0 Å². The summed E-state index contributed by atoms with van der Waals surface area (Å²) in [5.41, 5.74) is 3.03. The highest BCUT2D eigenvalue weighted by Crippen LogP contribution is 2.33. The van der Waals surface area contributed by atoms with Crippen molar-refractivity contribution in [3.63, 3.8) is 0 Å². The van der Waals surface area contributed by atoms with Gasteiger partial charge in [0.05, 0.1) is 5.71 Å². The van der Waals surface area contributed by atoms with E-state index in [4.69, 9.17) is 0 Å². The van der Waals surface area contributed by atoms with E-state index in [1.165, 1.54) is 6.08 Å². The molecule has 1 aromatic rings. The molecule has 1 aliphatic carbocycles. The number of hydrogen-bond acceptors (Lipinski definition) is 4. The van der Waals surface area contributed by atoms with Gasteiger partial charge in [-0.15, -0.1) is 5.10 Å². The number of nitrogens with zero attached hydrogens (tertiary/aromatic N) is 5. The monoisotopic (exact) mass is 245 g/mol. The van der Waals surface area contributed by atoms with Gasteiger partial charge in [-0.25, -0.2) is 9.07 Å². The van der Waals surface area contributed by atoms with Crippen LogP contribution in [0.2, 0.25) is 0 Å². The summed E-state index contributed by atoms with van der Waals surface area (Å²) >= 11 is 0. The fraction of sp³-hybridized carbons (Fsp3) is 0.333. The molecule has 0 saturated carbocycles. The van der Waals surface area contributed by atoms with Crippen LogP contribution in [0.3, 0.4) is 0 Å². The first-order chi connectivity index (χ1) is 8.74. The Morgan fingerprint density at radius 1 is 1.39 bits per heavy atom. The van der Waals surface area contributed by atoms with Crippen LogP contribution in [0.5, 0.6) is 0 Å². The summed E-state index contributed by atoms with van der Waals surface area (Å²) in [7, 11) is 0. The topological polar surface area (TPSA) is 56.0 Å². The minimum Gasteiger partial charge on any atom is -0.257 e. The zero-order chi connectivity index (χ0) is 12.5. The summed E-state index contributed by atoms with van der Waals surface area (Å²) in [5, 5.41) is 11.0. The van der Waals surface area contributed by atoms with Crippen LogP contribution in [-0.4, -0.2) is 25.9 Å². The Balaban J connectivity index is 1.77. The quantitative estimate of drug-likeness (QED) is 0.816. The molecule has 0 N–H and O–H groups in total. The zero-order valence-electron chi connectivity index (χ0n) is 9.91. The third-order valence-electron chi connectivity index (χ3n) is 3.20. The van der Waals surface area contributed by atoms with Crippen LogP contribution in [0.25, 0.3) is 0 Å². The standard InChI is InChI=1S/C12H12FN5/c1-8-10(4-5-18-7-14-16-17-18)11-6-9(13)2-3-12(11)15-8/h2-3,6-7,11H,4-5H2,1H3/t11-/m1/s1. The molecule has 2 heterocycles. The Hall–Kier alpha value is -2.11. The van der Waals surface area contributed by atoms with Crippen LogP contribution in [-0.2, 0) is 6.54 Å². The molecule has 2 aliphatic rings. The number of aryl methyl sites for hydroxylation is 1. The van der Waals surface area contributed by atoms with E-state index < -0.39 is 0 Å². The maximum absolute atomic E-state index is 13.3. The van der Waals surface area contributed by atoms with Gasteiger partial charge in [0.25, 0.3) is 0 Å². The van der Waals surface area contributed by atoms with Gasteiger partial charge < -0.3 is 0 Å². The lowest BCUT2D eigenvalue weighted by Gasteiger charge is -2.14. The van der Waals surface area contributed by atoms with Crippen molar-refractivity contribution in [3.8, 4) is 0 Å². The first-order valence-corrected chi connectivity index (χ1v) is 5.78. The molecule has 0 spiro atoms. The minimum atomic E-state index is -0.200. The van der Waals surface area contributed by atoms with Crippen molar-refractivity contribution in [2.45, 2.75) is 19.9 Å². The highest BCUT2D eigenvalue weighted by atomic mass is 19.1. The number of allylic oxidation sites excluding steroid dienone is 6. The Labute approximate surface area is 103 Å². The van der Waals surface area contributed by atoms with Crippen LogP contribution >= 0.6 is 0 Å². The summed E-state index contributed by atoms with van der Waals surface area (Å²) in [5.74, 6) is -0.222. The van der Waals surface area contributed by atoms with Gasteiger partial charge in [-0.05, 0) is 47.6 Å². The average Bonchev–Trinajstić information content (AvgIpc) is 2.94. The van der Waals surface area contributed by atoms with Gasteiger partial charge in [-0.1, -0.05) is 0 Å². The first-order valence-electron chi connectivity index (χ1n) is 5.78. The number of hydrogen-bond donors (Lipinski definition) is 0. The number of aliphatic imine (C=N–C) groups is 1. The van der Waals surface area contributed by atoms with Crippen molar-refractivity contribution in [2.75, 3.05) is 0 Å². The fourth-order valence-electron chi connectivity index (χ4n) is 2.30. The van der Waals surface area contributed by atoms with E-state index in [2.05, 4.69) is 20.5 Å². The van der Waals surface area contributed by atoms with Crippen LogP contribution in [0.15, 0.2) is 46.6 Å². The van der Waals surface area contributed by atoms with Crippen molar-refractivity contribution in [2.24, 2.45) is 10.9 Å². The smallest absolute Gasteiger partial charge is 0.138 e. The second-order valence-electron chi connectivity index (χ2n) is 4.33. The Morgan fingerprint density at radius 3 is 3.06 bits per heavy atom. The summed E-state index contributed by atoms with van der Waals surface area (Å²) in [6.45, 7) is 2.64. The number of fused-ring (bicyclic) bond motifs is 1. The molecule has 6 heteroatoms. The van der Waals surface area contributed by atoms with E-state index in [0.29, 0.717) is 6.54 Å². The fourth-order valence-corrected chi connectivity index (χ4v) is 2.30. The van der Waals surface area contributed by atoms with E-state index in [1.807, 2.05) is 6.92 Å². The summed E-state index contributed by atoms with van der Waals surface area (Å²) < 4.78 is 15.0. The Kier molecular flexibility index (Phi) is 2.62. The Morgan fingerprint density at radius 2 is 2.28 bits per heavy atom. The normalized spacial score (nSPS) is 22.0. The van der Waals surface area contributed by atoms with Crippen LogP contribution in [0, 0.1) is 5.92 Å². The molecular formula is C12H12FN5. The molecule has 1 aromatic heterocycles. The summed E-state index contributed by atoms with van der Waals surface area (Å²) in [6.07, 6.45) is 7.15. The van der Waals surface area contributed by atoms with Crippen LogP contribution in [0.4, 0.5) is 4.39 Å². The molecule has 0 fully saturated rings. The molecule has 5 nitrogen and oxygen atoms in total. The van der Waals surface area contributed by atoms with E-state index >= 15 is 0 Å². The molecule has 18 heavy (non-hydrogen) atoms. The van der Waals surface area contributed by atoms with E-state index in [9.17, 15) is 4.39 Å². The van der Waals surface area contributed by atoms with Gasteiger partial charge in [0, 0.05) is 18.2 Å². The van der Waals surface area contributed by atoms with Gasteiger partial charge in [0.1, 0.15) is 12.2 Å². The molecule has 1 aliphatic heterocycles. The first kappa shape index (κ1) is 11.0. The summed E-state index contributed by atoms with van der Waals surface area (Å²) in [4.78, 5) is 4.46. The van der Waals surface area contributed by atoms with Crippen molar-refractivity contribution in [3.05, 3.63) is 41.7 Å². The van der Waals surface area contributed by atoms with Crippen molar-refractivity contribution < 1.29 is 4.39 Å². The van der Waals surface area contributed by atoms with Gasteiger partial charge in [-0.2, -0.15) is 0 Å². The van der Waals surface area contributed by atoms with Gasteiger partial charge in [0.15, 0.2) is 0 Å². The second kappa shape index (κ2) is 4.29. The number of halogens is 1. The second-order valence-corrected chi connectivity index (χ2v) is 4.33. The lowest BCUT2D eigenvalue weighted by atomic mass is 9.89. The molecule has 0 amide bonds. The lowest BCUT2D eigenvalue weighted by molar-refractivity contribution is 0.575. The van der Waals surface area contributed by atoms with Gasteiger partial charge in [-0.3, -0.25) is 4.99 Å². The van der Waals surface area contributed by atoms with Gasteiger partial charge >= 0.3 is 0 Å². The molecule has 0 aromatic carbocycles. The van der Waals surface area contributed by atoms with E-state index in [1.54, 1.807) is 23.2 Å². The molecule has 0 bridgehead atoms. The molecule has 0 saturated heterocycles. The highest BCUT2D eigenvalue weighted by molar-refractivity contribution is 6.03. The predicted octanol–water partition coefficient (Wildman–Crippen LogP) is 1.83. The third kappa shape index (κ3) is 1.90. The number of rotatable bonds is 3. The SMILES string of the molecule is CC1=C(CCn2cnnn2)[C@H]2C=C(F)C=CC2=N1. The molecule has 3 rings (SSSR count). The van der Waals surface area contributed by atoms with Crippen LogP contribution < -0.4 is 0 Å². The minimum absolute atomic E-state index is 0.0218. The summed E-state index contributed by atoms with van der Waals surface area (Å²) in [6, 6.07) is 0. The molecule has 92 valence electrons.